The summed E-state index contributed by atoms with van der Waals surface area (Å²) in [5, 5.41) is 11.2. The molecule has 7 nitrogen and oxygen atoms in total. The van der Waals surface area contributed by atoms with Crippen LogP contribution < -0.4 is 15.4 Å². The Hall–Kier alpha value is -1.60. The van der Waals surface area contributed by atoms with Gasteiger partial charge in [0.1, 0.15) is 5.56 Å². The smallest absolute Gasteiger partial charge is 0.258 e. The predicted octanol–water partition coefficient (Wildman–Crippen LogP) is 3.30. The van der Waals surface area contributed by atoms with Crippen LogP contribution in [0.1, 0.15) is 76.1 Å². The first-order valence-electron chi connectivity index (χ1n) is 13.0. The largest absolute Gasteiger partial charge is 0.475 e. The van der Waals surface area contributed by atoms with Gasteiger partial charge < -0.3 is 20.3 Å². The van der Waals surface area contributed by atoms with E-state index in [0.717, 1.165) is 57.5 Å². The minimum Gasteiger partial charge on any atom is -0.475 e. The summed E-state index contributed by atoms with van der Waals surface area (Å²) in [4.78, 5) is 15.7. The molecule has 2 bridgehead atoms. The van der Waals surface area contributed by atoms with E-state index in [1.165, 1.54) is 38.5 Å². The first-order chi connectivity index (χ1) is 15.5. The van der Waals surface area contributed by atoms with Crippen LogP contribution in [-0.4, -0.2) is 65.5 Å². The van der Waals surface area contributed by atoms with Crippen LogP contribution in [0.3, 0.4) is 0 Å². The Bertz CT molecular complexity index is 731. The quantitative estimate of drug-likeness (QED) is 0.610. The van der Waals surface area contributed by atoms with Crippen LogP contribution in [0.4, 0.5) is 0 Å². The molecule has 32 heavy (non-hydrogen) atoms. The normalized spacial score (nSPS) is 27.3. The van der Waals surface area contributed by atoms with E-state index in [1.54, 1.807) is 6.20 Å². The second-order valence-corrected chi connectivity index (χ2v) is 10.6. The van der Waals surface area contributed by atoms with E-state index in [9.17, 15) is 4.79 Å². The first kappa shape index (κ1) is 23.6. The molecule has 0 radical (unpaired) electrons. The topological polar surface area (TPSA) is 71.4 Å². The Morgan fingerprint density at radius 1 is 1.16 bits per heavy atom. The predicted molar refractivity (Wildman–Crippen MR) is 127 cm³/mol. The van der Waals surface area contributed by atoms with Crippen molar-refractivity contribution in [3.05, 3.63) is 11.8 Å². The number of carbonyl (C=O) groups is 1. The fourth-order valence-corrected chi connectivity index (χ4v) is 6.01. The van der Waals surface area contributed by atoms with Crippen molar-refractivity contribution < 1.29 is 9.53 Å². The third kappa shape index (κ3) is 6.04. The molecule has 3 atom stereocenters. The van der Waals surface area contributed by atoms with Gasteiger partial charge in [-0.05, 0) is 64.2 Å². The average Bonchev–Trinajstić information content (AvgIpc) is 3.16. The van der Waals surface area contributed by atoms with Crippen molar-refractivity contribution in [2.75, 3.05) is 32.7 Å². The van der Waals surface area contributed by atoms with Gasteiger partial charge in [0.2, 0.25) is 5.88 Å². The number of rotatable bonds is 9. The molecule has 2 saturated carbocycles. The molecule has 2 heterocycles. The molecule has 1 saturated heterocycles. The molecule has 3 aliphatic rings. The van der Waals surface area contributed by atoms with Crippen molar-refractivity contribution in [2.24, 2.45) is 17.8 Å². The van der Waals surface area contributed by atoms with Crippen molar-refractivity contribution in [2.45, 2.75) is 84.4 Å². The van der Waals surface area contributed by atoms with Gasteiger partial charge in [0.25, 0.3) is 5.91 Å². The number of ether oxygens (including phenoxy) is 1. The zero-order valence-electron chi connectivity index (χ0n) is 20.3. The van der Waals surface area contributed by atoms with Crippen LogP contribution in [0.25, 0.3) is 0 Å². The number of hydrogen-bond acceptors (Lipinski definition) is 5. The van der Waals surface area contributed by atoms with Crippen LogP contribution >= 0.6 is 0 Å². The van der Waals surface area contributed by atoms with E-state index in [1.807, 2.05) is 18.5 Å². The molecule has 7 heteroatoms. The Morgan fingerprint density at radius 3 is 2.56 bits per heavy atom. The SMILES string of the molecule is CC(C)Oc1c(C(=O)NC(C)C2CC3CCCC(C3)C2)cnn1CCCN1CCNCC1. The molecule has 1 aromatic rings. The maximum Gasteiger partial charge on any atom is 0.258 e. The van der Waals surface area contributed by atoms with E-state index < -0.39 is 0 Å². The molecule has 2 N–H and O–H groups in total. The molecular weight excluding hydrogens is 402 g/mol. The van der Waals surface area contributed by atoms with E-state index in [4.69, 9.17) is 4.74 Å². The number of nitrogens with one attached hydrogen (secondary N) is 2. The van der Waals surface area contributed by atoms with Crippen molar-refractivity contribution in [3.8, 4) is 5.88 Å². The summed E-state index contributed by atoms with van der Waals surface area (Å²) in [6.45, 7) is 12.3. The Morgan fingerprint density at radius 2 is 1.88 bits per heavy atom. The molecule has 180 valence electrons. The zero-order chi connectivity index (χ0) is 22.5. The second kappa shape index (κ2) is 11.0. The highest BCUT2D eigenvalue weighted by Gasteiger charge is 2.35. The standard InChI is InChI=1S/C25H43N5O2/c1-18(2)32-25-23(17-27-30(25)11-5-10-29-12-8-26-9-13-29)24(31)28-19(3)22-15-20-6-4-7-21(14-20)16-22/h17-22,26H,4-16H2,1-3H3,(H,28,31). The van der Waals surface area contributed by atoms with Crippen LogP contribution in [0, 0.1) is 17.8 Å². The third-order valence-corrected chi connectivity index (χ3v) is 7.67. The summed E-state index contributed by atoms with van der Waals surface area (Å²) < 4.78 is 7.97. The Labute approximate surface area is 193 Å². The summed E-state index contributed by atoms with van der Waals surface area (Å²) in [7, 11) is 0. The van der Waals surface area contributed by atoms with Gasteiger partial charge in [0.15, 0.2) is 0 Å². The fraction of sp³-hybridized carbons (Fsp3) is 0.840. The maximum atomic E-state index is 13.2. The van der Waals surface area contributed by atoms with Gasteiger partial charge in [-0.2, -0.15) is 5.10 Å². The molecule has 3 unspecified atom stereocenters. The summed E-state index contributed by atoms with van der Waals surface area (Å²) in [6.07, 6.45) is 10.8. The highest BCUT2D eigenvalue weighted by molar-refractivity contribution is 5.96. The monoisotopic (exact) mass is 445 g/mol. The van der Waals surface area contributed by atoms with Gasteiger partial charge in [0, 0.05) is 45.3 Å². The van der Waals surface area contributed by atoms with E-state index >= 15 is 0 Å². The number of hydrogen-bond donors (Lipinski definition) is 2. The lowest BCUT2D eigenvalue weighted by Gasteiger charge is -2.41. The minimum atomic E-state index is -0.0442. The highest BCUT2D eigenvalue weighted by atomic mass is 16.5. The molecule has 1 aliphatic heterocycles. The molecule has 0 spiro atoms. The molecule has 3 fully saturated rings. The third-order valence-electron chi connectivity index (χ3n) is 7.67. The van der Waals surface area contributed by atoms with E-state index in [2.05, 4.69) is 27.6 Å². The molecule has 0 aromatic carbocycles. The van der Waals surface area contributed by atoms with Gasteiger partial charge in [-0.3, -0.25) is 4.79 Å². The van der Waals surface area contributed by atoms with Gasteiger partial charge in [-0.25, -0.2) is 4.68 Å². The Kier molecular flexibility index (Phi) is 8.11. The van der Waals surface area contributed by atoms with Crippen molar-refractivity contribution in [1.29, 1.82) is 0 Å². The van der Waals surface area contributed by atoms with Gasteiger partial charge in [-0.1, -0.05) is 19.3 Å². The zero-order valence-corrected chi connectivity index (χ0v) is 20.3. The van der Waals surface area contributed by atoms with Crippen LogP contribution in [0.2, 0.25) is 0 Å². The van der Waals surface area contributed by atoms with Crippen LogP contribution in [0.15, 0.2) is 6.20 Å². The van der Waals surface area contributed by atoms with Crippen molar-refractivity contribution in [1.82, 2.24) is 25.3 Å². The highest BCUT2D eigenvalue weighted by Crippen LogP contribution is 2.43. The fourth-order valence-electron chi connectivity index (χ4n) is 6.01. The minimum absolute atomic E-state index is 0.000289. The number of carbonyl (C=O) groups excluding carboxylic acids is 1. The second-order valence-electron chi connectivity index (χ2n) is 10.6. The summed E-state index contributed by atoms with van der Waals surface area (Å²) in [5.41, 5.74) is 0.573. The molecular formula is C25H43N5O2. The van der Waals surface area contributed by atoms with Crippen LogP contribution in [-0.2, 0) is 6.54 Å². The molecule has 1 aromatic heterocycles. The van der Waals surface area contributed by atoms with Gasteiger partial charge >= 0.3 is 0 Å². The summed E-state index contributed by atoms with van der Waals surface area (Å²) >= 11 is 0. The number of aryl methyl sites for hydroxylation is 1. The molecule has 4 rings (SSSR count). The maximum absolute atomic E-state index is 13.2. The van der Waals surface area contributed by atoms with Gasteiger partial charge in [0.05, 0.1) is 12.3 Å². The number of amides is 1. The Balaban J connectivity index is 1.36. The lowest BCUT2D eigenvalue weighted by molar-refractivity contribution is 0.0848. The molecule has 1 amide bonds. The van der Waals surface area contributed by atoms with E-state index in [0.29, 0.717) is 17.4 Å². The van der Waals surface area contributed by atoms with Crippen molar-refractivity contribution >= 4 is 5.91 Å². The average molecular weight is 446 g/mol. The van der Waals surface area contributed by atoms with Gasteiger partial charge in [-0.15, -0.1) is 0 Å². The summed E-state index contributed by atoms with van der Waals surface area (Å²) in [5.74, 6) is 2.89. The number of piperazine rings is 1. The summed E-state index contributed by atoms with van der Waals surface area (Å²) in [6, 6.07) is 0.189. The van der Waals surface area contributed by atoms with Crippen LogP contribution in [0.5, 0.6) is 5.88 Å². The lowest BCUT2D eigenvalue weighted by Crippen LogP contribution is -2.43. The number of fused-ring (bicyclic) bond motifs is 2. The lowest BCUT2D eigenvalue weighted by atomic mass is 9.66. The number of nitrogens with zero attached hydrogens (tertiary/aromatic N) is 3. The number of aromatic nitrogens is 2. The van der Waals surface area contributed by atoms with E-state index in [-0.39, 0.29) is 18.1 Å². The molecule has 2 aliphatic carbocycles. The van der Waals surface area contributed by atoms with Crippen molar-refractivity contribution in [3.63, 3.8) is 0 Å². The first-order valence-corrected chi connectivity index (χ1v) is 13.0.